The van der Waals surface area contributed by atoms with E-state index in [1.807, 2.05) is 17.8 Å². The number of rotatable bonds is 11. The largest absolute Gasteiger partial charge is 0.496 e. The van der Waals surface area contributed by atoms with Gasteiger partial charge in [-0.15, -0.1) is 4.91 Å². The van der Waals surface area contributed by atoms with Crippen molar-refractivity contribution < 1.29 is 14.7 Å². The van der Waals surface area contributed by atoms with Crippen molar-refractivity contribution in [1.29, 1.82) is 0 Å². The topological polar surface area (TPSA) is 80.1 Å². The highest BCUT2D eigenvalue weighted by molar-refractivity contribution is 7.99. The number of benzene rings is 2. The molecule has 0 heterocycles. The van der Waals surface area contributed by atoms with Crippen LogP contribution in [0.15, 0.2) is 35.0 Å². The Morgan fingerprint density at radius 2 is 2.03 bits per heavy atom. The van der Waals surface area contributed by atoms with Gasteiger partial charge in [0.05, 0.1) is 30.7 Å². The maximum absolute atomic E-state index is 11.6. The van der Waals surface area contributed by atoms with Gasteiger partial charge in [-0.25, -0.2) is 0 Å². The van der Waals surface area contributed by atoms with Crippen LogP contribution in [0.3, 0.4) is 0 Å². The molecule has 0 saturated carbocycles. The van der Waals surface area contributed by atoms with Crippen molar-refractivity contribution in [2.75, 3.05) is 25.5 Å². The second-order valence-corrected chi connectivity index (χ2v) is 8.33. The van der Waals surface area contributed by atoms with Gasteiger partial charge in [0.1, 0.15) is 17.2 Å². The first-order valence-corrected chi connectivity index (χ1v) is 10.8. The maximum atomic E-state index is 11.6. The molecule has 0 aliphatic heterocycles. The number of anilines is 1. The zero-order valence-electron chi connectivity index (χ0n) is 17.7. The SMILES string of the molecule is CCCCSC(CC=C(C)C)c1cc(OC)c2c(NO)ccc(N=O)c2c1OC. The van der Waals surface area contributed by atoms with Crippen molar-refractivity contribution in [1.82, 2.24) is 0 Å². The van der Waals surface area contributed by atoms with E-state index in [2.05, 4.69) is 37.5 Å². The lowest BCUT2D eigenvalue weighted by Crippen LogP contribution is -2.03. The Morgan fingerprint density at radius 1 is 1.28 bits per heavy atom. The summed E-state index contributed by atoms with van der Waals surface area (Å²) in [6.07, 6.45) is 5.31. The molecule has 158 valence electrons. The molecule has 0 aromatic heterocycles. The van der Waals surface area contributed by atoms with E-state index >= 15 is 0 Å². The minimum absolute atomic E-state index is 0.134. The van der Waals surface area contributed by atoms with Crippen LogP contribution in [0, 0.1) is 4.91 Å². The summed E-state index contributed by atoms with van der Waals surface area (Å²) in [5.74, 6) is 2.16. The van der Waals surface area contributed by atoms with E-state index in [4.69, 9.17) is 9.47 Å². The summed E-state index contributed by atoms with van der Waals surface area (Å²) < 4.78 is 11.4. The minimum Gasteiger partial charge on any atom is -0.496 e. The summed E-state index contributed by atoms with van der Waals surface area (Å²) in [6.45, 7) is 6.34. The van der Waals surface area contributed by atoms with Gasteiger partial charge in [-0.2, -0.15) is 11.8 Å². The number of nitroso groups, excluding NO2 is 1. The molecule has 0 amide bonds. The molecule has 1 unspecified atom stereocenters. The van der Waals surface area contributed by atoms with Gasteiger partial charge in [-0.3, -0.25) is 10.7 Å². The van der Waals surface area contributed by atoms with E-state index in [9.17, 15) is 10.1 Å². The Hall–Kier alpha value is -2.25. The molecule has 0 fully saturated rings. The molecule has 0 bridgehead atoms. The lowest BCUT2D eigenvalue weighted by atomic mass is 9.97. The summed E-state index contributed by atoms with van der Waals surface area (Å²) in [4.78, 5) is 11.6. The second-order valence-electron chi connectivity index (χ2n) is 7.02. The van der Waals surface area contributed by atoms with Gasteiger partial charge in [0.2, 0.25) is 0 Å². The molecule has 0 aliphatic rings. The summed E-state index contributed by atoms with van der Waals surface area (Å²) in [5, 5.41) is 14.0. The molecule has 29 heavy (non-hydrogen) atoms. The minimum atomic E-state index is 0.134. The fraction of sp³-hybridized carbons (Fsp3) is 0.455. The summed E-state index contributed by atoms with van der Waals surface area (Å²) in [5.41, 5.74) is 5.06. The Bertz CT molecular complexity index is 879. The quantitative estimate of drug-likeness (QED) is 0.177. The molecular weight excluding hydrogens is 388 g/mol. The van der Waals surface area contributed by atoms with E-state index in [1.165, 1.54) is 5.57 Å². The van der Waals surface area contributed by atoms with Crippen molar-refractivity contribution in [3.8, 4) is 11.5 Å². The molecule has 2 aromatic carbocycles. The van der Waals surface area contributed by atoms with Gasteiger partial charge in [-0.05, 0) is 55.8 Å². The summed E-state index contributed by atoms with van der Waals surface area (Å²) in [6, 6.07) is 5.10. The highest BCUT2D eigenvalue weighted by Crippen LogP contribution is 2.50. The first-order valence-electron chi connectivity index (χ1n) is 9.72. The lowest BCUT2D eigenvalue weighted by molar-refractivity contribution is 0.388. The predicted molar refractivity (Wildman–Crippen MR) is 122 cm³/mol. The molecule has 7 heteroatoms. The van der Waals surface area contributed by atoms with E-state index in [0.29, 0.717) is 28.0 Å². The number of fused-ring (bicyclic) bond motifs is 1. The Labute approximate surface area is 176 Å². The number of hydrogen-bond donors (Lipinski definition) is 2. The first-order chi connectivity index (χ1) is 14.0. The summed E-state index contributed by atoms with van der Waals surface area (Å²) >= 11 is 1.87. The number of methoxy groups -OCH3 is 2. The van der Waals surface area contributed by atoms with E-state index < -0.39 is 0 Å². The molecule has 6 nitrogen and oxygen atoms in total. The van der Waals surface area contributed by atoms with Crippen molar-refractivity contribution in [3.63, 3.8) is 0 Å². The highest BCUT2D eigenvalue weighted by atomic mass is 32.2. The van der Waals surface area contributed by atoms with Crippen LogP contribution in [0.1, 0.15) is 50.8 Å². The molecule has 2 N–H and O–H groups in total. The average Bonchev–Trinajstić information content (AvgIpc) is 2.73. The number of allylic oxidation sites excluding steroid dienone is 2. The van der Waals surface area contributed by atoms with Crippen molar-refractivity contribution in [2.45, 2.75) is 45.3 Å². The number of unbranched alkanes of at least 4 members (excludes halogenated alkanes) is 1. The van der Waals surface area contributed by atoms with Crippen molar-refractivity contribution in [2.24, 2.45) is 5.18 Å². The number of nitrogens with zero attached hydrogens (tertiary/aromatic N) is 1. The smallest absolute Gasteiger partial charge is 0.133 e. The van der Waals surface area contributed by atoms with Gasteiger partial charge in [0.25, 0.3) is 0 Å². The van der Waals surface area contributed by atoms with Crippen LogP contribution < -0.4 is 15.0 Å². The van der Waals surface area contributed by atoms with Crippen LogP contribution in [0.25, 0.3) is 10.8 Å². The van der Waals surface area contributed by atoms with Crippen LogP contribution in [0.5, 0.6) is 11.5 Å². The first kappa shape index (κ1) is 23.0. The van der Waals surface area contributed by atoms with Crippen LogP contribution >= 0.6 is 11.8 Å². The van der Waals surface area contributed by atoms with E-state index in [1.54, 1.807) is 26.4 Å². The molecular formula is C22H30N2O4S. The van der Waals surface area contributed by atoms with Crippen LogP contribution in [-0.4, -0.2) is 25.2 Å². The summed E-state index contributed by atoms with van der Waals surface area (Å²) in [7, 11) is 3.16. The third-order valence-electron chi connectivity index (χ3n) is 4.75. The predicted octanol–water partition coefficient (Wildman–Crippen LogP) is 6.99. The van der Waals surface area contributed by atoms with Gasteiger partial charge in [-0.1, -0.05) is 25.0 Å². The van der Waals surface area contributed by atoms with Crippen molar-refractivity contribution in [3.05, 3.63) is 40.3 Å². The number of ether oxygens (including phenoxy) is 2. The zero-order valence-corrected chi connectivity index (χ0v) is 18.6. The van der Waals surface area contributed by atoms with E-state index in [-0.39, 0.29) is 10.9 Å². The fourth-order valence-electron chi connectivity index (χ4n) is 3.29. The Morgan fingerprint density at radius 3 is 2.59 bits per heavy atom. The van der Waals surface area contributed by atoms with Gasteiger partial charge < -0.3 is 9.47 Å². The zero-order chi connectivity index (χ0) is 21.4. The number of thioether (sulfide) groups is 1. The van der Waals surface area contributed by atoms with Crippen LogP contribution in [-0.2, 0) is 0 Å². The molecule has 2 aromatic rings. The Balaban J connectivity index is 2.78. The Kier molecular flexibility index (Phi) is 8.79. The standard InChI is InChI=1S/C22H30N2O4S/c1-6-7-12-29-19(11-8-14(2)3)15-13-18(27-4)20-16(23-25)9-10-17(24-26)21(20)22(15)28-5/h8-10,13,19,23,25H,6-7,11-12H2,1-5H3. The lowest BCUT2D eigenvalue weighted by Gasteiger charge is -2.23. The maximum Gasteiger partial charge on any atom is 0.133 e. The molecule has 0 saturated heterocycles. The number of nitrogens with one attached hydrogen (secondary N) is 1. The molecule has 1 atom stereocenters. The monoisotopic (exact) mass is 418 g/mol. The molecule has 2 rings (SSSR count). The molecule has 0 spiro atoms. The van der Waals surface area contributed by atoms with Gasteiger partial charge >= 0.3 is 0 Å². The second kappa shape index (κ2) is 11.1. The molecule has 0 aliphatic carbocycles. The molecule has 0 radical (unpaired) electrons. The van der Waals surface area contributed by atoms with Crippen LogP contribution in [0.4, 0.5) is 11.4 Å². The number of hydrogen-bond acceptors (Lipinski definition) is 7. The third-order valence-corrected chi connectivity index (χ3v) is 6.13. The van der Waals surface area contributed by atoms with Gasteiger partial charge in [0, 0.05) is 10.8 Å². The van der Waals surface area contributed by atoms with Gasteiger partial charge in [0.15, 0.2) is 0 Å². The average molecular weight is 419 g/mol. The highest BCUT2D eigenvalue weighted by Gasteiger charge is 2.24. The van der Waals surface area contributed by atoms with E-state index in [0.717, 1.165) is 30.6 Å². The normalized spacial score (nSPS) is 11.8. The fourth-order valence-corrected chi connectivity index (χ4v) is 4.61. The van der Waals surface area contributed by atoms with Crippen LogP contribution in [0.2, 0.25) is 0 Å². The van der Waals surface area contributed by atoms with Crippen molar-refractivity contribution >= 4 is 33.9 Å². The third kappa shape index (κ3) is 5.22.